The third kappa shape index (κ3) is 7.27. The van der Waals surface area contributed by atoms with Gasteiger partial charge in [0.2, 0.25) is 0 Å². The molecular formula is C23H37N5O4. The number of nitrogens with one attached hydrogen (secondary N) is 1. The molecule has 1 amide bonds. The Morgan fingerprint density at radius 3 is 2.50 bits per heavy atom. The number of ether oxygens (including phenoxy) is 3. The molecule has 2 saturated heterocycles. The summed E-state index contributed by atoms with van der Waals surface area (Å²) in [6.07, 6.45) is -0.239. The van der Waals surface area contributed by atoms with Crippen molar-refractivity contribution in [3.05, 3.63) is 29.8 Å². The normalized spacial score (nSPS) is 17.9. The highest BCUT2D eigenvalue weighted by Gasteiger charge is 2.23. The number of hydrogen-bond donors (Lipinski definition) is 1. The molecule has 2 aliphatic heterocycles. The van der Waals surface area contributed by atoms with Gasteiger partial charge in [0, 0.05) is 57.9 Å². The standard InChI is InChI=1S/C23H37N5O4/c1-3-24-22(27-9-11-28(12-10-27)23(29)31-4-2)25-19-20-7-5-6-8-21(20)32-18-15-26-13-16-30-17-14-26/h5-8H,3-4,9-19H2,1-2H3,(H,24,25). The van der Waals surface area contributed by atoms with E-state index in [0.717, 1.165) is 69.8 Å². The lowest BCUT2D eigenvalue weighted by Gasteiger charge is -2.35. The number of amides is 1. The van der Waals surface area contributed by atoms with E-state index in [2.05, 4.69) is 28.1 Å². The summed E-state index contributed by atoms with van der Waals surface area (Å²) >= 11 is 0. The first-order valence-electron chi connectivity index (χ1n) is 11.7. The second kappa shape index (κ2) is 13.1. The minimum atomic E-state index is -0.239. The van der Waals surface area contributed by atoms with Crippen molar-refractivity contribution in [2.45, 2.75) is 20.4 Å². The summed E-state index contributed by atoms with van der Waals surface area (Å²) in [5, 5.41) is 3.38. The first-order valence-corrected chi connectivity index (χ1v) is 11.7. The van der Waals surface area contributed by atoms with E-state index in [1.807, 2.05) is 25.1 Å². The number of aliphatic imine (C=N–C) groups is 1. The van der Waals surface area contributed by atoms with Crippen LogP contribution >= 0.6 is 0 Å². The molecule has 0 radical (unpaired) electrons. The lowest BCUT2D eigenvalue weighted by atomic mass is 10.2. The van der Waals surface area contributed by atoms with Crippen LogP contribution in [-0.4, -0.2) is 106 Å². The van der Waals surface area contributed by atoms with Crippen LogP contribution in [0.25, 0.3) is 0 Å². The molecule has 0 saturated carbocycles. The van der Waals surface area contributed by atoms with Crippen molar-refractivity contribution in [3.63, 3.8) is 0 Å². The fourth-order valence-corrected chi connectivity index (χ4v) is 3.79. The van der Waals surface area contributed by atoms with E-state index in [4.69, 9.17) is 19.2 Å². The summed E-state index contributed by atoms with van der Waals surface area (Å²) < 4.78 is 16.6. The van der Waals surface area contributed by atoms with Gasteiger partial charge in [-0.3, -0.25) is 4.90 Å². The van der Waals surface area contributed by atoms with Crippen molar-refractivity contribution < 1.29 is 19.0 Å². The van der Waals surface area contributed by atoms with Crippen LogP contribution in [0.1, 0.15) is 19.4 Å². The third-order valence-corrected chi connectivity index (χ3v) is 5.58. The Morgan fingerprint density at radius 1 is 1.06 bits per heavy atom. The molecule has 2 aliphatic rings. The number of hydrogen-bond acceptors (Lipinski definition) is 6. The fourth-order valence-electron chi connectivity index (χ4n) is 3.79. The van der Waals surface area contributed by atoms with Crippen molar-refractivity contribution in [3.8, 4) is 5.75 Å². The minimum absolute atomic E-state index is 0.239. The number of guanidine groups is 1. The number of rotatable bonds is 8. The molecule has 2 fully saturated rings. The van der Waals surface area contributed by atoms with Crippen LogP contribution < -0.4 is 10.1 Å². The third-order valence-electron chi connectivity index (χ3n) is 5.58. The van der Waals surface area contributed by atoms with Crippen molar-refractivity contribution in [2.75, 3.05) is 78.8 Å². The number of para-hydroxylation sites is 1. The van der Waals surface area contributed by atoms with Gasteiger partial charge in [-0.2, -0.15) is 0 Å². The van der Waals surface area contributed by atoms with E-state index in [-0.39, 0.29) is 6.09 Å². The highest BCUT2D eigenvalue weighted by atomic mass is 16.6. The van der Waals surface area contributed by atoms with E-state index in [1.165, 1.54) is 0 Å². The molecule has 3 rings (SSSR count). The van der Waals surface area contributed by atoms with Gasteiger partial charge < -0.3 is 29.3 Å². The molecule has 9 heteroatoms. The Kier molecular flexibility index (Phi) is 9.90. The zero-order chi connectivity index (χ0) is 22.6. The second-order valence-electron chi connectivity index (χ2n) is 7.75. The molecule has 1 aromatic carbocycles. The van der Waals surface area contributed by atoms with Crippen LogP contribution in [0.5, 0.6) is 5.75 Å². The van der Waals surface area contributed by atoms with Crippen LogP contribution in [-0.2, 0) is 16.0 Å². The zero-order valence-corrected chi connectivity index (χ0v) is 19.4. The monoisotopic (exact) mass is 447 g/mol. The van der Waals surface area contributed by atoms with Gasteiger partial charge in [-0.25, -0.2) is 9.79 Å². The minimum Gasteiger partial charge on any atom is -0.492 e. The van der Waals surface area contributed by atoms with E-state index in [0.29, 0.717) is 32.8 Å². The molecule has 178 valence electrons. The lowest BCUT2D eigenvalue weighted by molar-refractivity contribution is 0.0322. The quantitative estimate of drug-likeness (QED) is 0.479. The number of piperazine rings is 1. The molecule has 0 aliphatic carbocycles. The predicted octanol–water partition coefficient (Wildman–Crippen LogP) is 1.64. The van der Waals surface area contributed by atoms with Crippen LogP contribution in [0.15, 0.2) is 29.3 Å². The lowest BCUT2D eigenvalue weighted by Crippen LogP contribution is -2.53. The van der Waals surface area contributed by atoms with Gasteiger partial charge in [0.15, 0.2) is 5.96 Å². The summed E-state index contributed by atoms with van der Waals surface area (Å²) in [6, 6.07) is 8.09. The maximum absolute atomic E-state index is 12.0. The number of morpholine rings is 1. The van der Waals surface area contributed by atoms with E-state index >= 15 is 0 Å². The van der Waals surface area contributed by atoms with Crippen LogP contribution in [0.4, 0.5) is 4.79 Å². The van der Waals surface area contributed by atoms with Gasteiger partial charge in [-0.1, -0.05) is 18.2 Å². The first-order chi connectivity index (χ1) is 15.7. The SMILES string of the molecule is CCNC(=NCc1ccccc1OCCN1CCOCC1)N1CCN(C(=O)OCC)CC1. The van der Waals surface area contributed by atoms with Gasteiger partial charge in [0.05, 0.1) is 26.4 Å². The zero-order valence-electron chi connectivity index (χ0n) is 19.4. The van der Waals surface area contributed by atoms with Crippen molar-refractivity contribution in [2.24, 2.45) is 4.99 Å². The van der Waals surface area contributed by atoms with Crippen molar-refractivity contribution >= 4 is 12.1 Å². The average Bonchev–Trinajstić information content (AvgIpc) is 2.83. The van der Waals surface area contributed by atoms with E-state index < -0.39 is 0 Å². The van der Waals surface area contributed by atoms with E-state index in [9.17, 15) is 4.79 Å². The molecule has 9 nitrogen and oxygen atoms in total. The Labute approximate surface area is 191 Å². The predicted molar refractivity (Wildman–Crippen MR) is 124 cm³/mol. The Morgan fingerprint density at radius 2 is 1.78 bits per heavy atom. The van der Waals surface area contributed by atoms with E-state index in [1.54, 1.807) is 4.90 Å². The molecular weight excluding hydrogens is 410 g/mol. The summed E-state index contributed by atoms with van der Waals surface area (Å²) in [5.41, 5.74) is 1.06. The van der Waals surface area contributed by atoms with Crippen molar-refractivity contribution in [1.82, 2.24) is 20.0 Å². The molecule has 0 spiro atoms. The van der Waals surface area contributed by atoms with Gasteiger partial charge >= 0.3 is 6.09 Å². The largest absolute Gasteiger partial charge is 0.492 e. The smallest absolute Gasteiger partial charge is 0.409 e. The second-order valence-corrected chi connectivity index (χ2v) is 7.75. The first kappa shape index (κ1) is 24.1. The molecule has 1 aromatic rings. The average molecular weight is 448 g/mol. The van der Waals surface area contributed by atoms with Crippen LogP contribution in [0.2, 0.25) is 0 Å². The van der Waals surface area contributed by atoms with Crippen LogP contribution in [0, 0.1) is 0 Å². The van der Waals surface area contributed by atoms with Gasteiger partial charge in [-0.15, -0.1) is 0 Å². The number of carbonyl (C=O) groups excluding carboxylic acids is 1. The molecule has 2 heterocycles. The molecule has 0 unspecified atom stereocenters. The van der Waals surface area contributed by atoms with Crippen molar-refractivity contribution in [1.29, 1.82) is 0 Å². The maximum atomic E-state index is 12.0. The highest BCUT2D eigenvalue weighted by molar-refractivity contribution is 5.80. The number of carbonyl (C=O) groups is 1. The Hall–Kier alpha value is -2.52. The van der Waals surface area contributed by atoms with Gasteiger partial charge in [0.25, 0.3) is 0 Å². The van der Waals surface area contributed by atoms with Gasteiger partial charge in [-0.05, 0) is 19.9 Å². The van der Waals surface area contributed by atoms with Crippen LogP contribution in [0.3, 0.4) is 0 Å². The summed E-state index contributed by atoms with van der Waals surface area (Å²) in [6.45, 7) is 13.4. The topological polar surface area (TPSA) is 78.9 Å². The molecule has 1 N–H and O–H groups in total. The molecule has 0 aromatic heterocycles. The van der Waals surface area contributed by atoms with Gasteiger partial charge in [0.1, 0.15) is 12.4 Å². The Balaban J connectivity index is 1.55. The molecule has 32 heavy (non-hydrogen) atoms. The molecule has 0 bridgehead atoms. The Bertz CT molecular complexity index is 731. The maximum Gasteiger partial charge on any atom is 0.409 e. The summed E-state index contributed by atoms with van der Waals surface area (Å²) in [7, 11) is 0. The molecule has 0 atom stereocenters. The highest BCUT2D eigenvalue weighted by Crippen LogP contribution is 2.19. The fraction of sp³-hybridized carbons (Fsp3) is 0.652. The number of nitrogens with zero attached hydrogens (tertiary/aromatic N) is 4. The number of benzene rings is 1. The summed E-state index contributed by atoms with van der Waals surface area (Å²) in [4.78, 5) is 23.1. The summed E-state index contributed by atoms with van der Waals surface area (Å²) in [5.74, 6) is 1.74.